The van der Waals surface area contributed by atoms with Gasteiger partial charge in [-0.25, -0.2) is 9.97 Å². The van der Waals surface area contributed by atoms with Crippen LogP contribution in [0.3, 0.4) is 0 Å². The summed E-state index contributed by atoms with van der Waals surface area (Å²) >= 11 is 1.54. The normalized spacial score (nSPS) is 21.6. The van der Waals surface area contributed by atoms with E-state index < -0.39 is 24.2 Å². The molecule has 10 nitrogen and oxygen atoms in total. The molecule has 0 bridgehead atoms. The third kappa shape index (κ3) is 5.48. The number of rotatable bonds is 9. The van der Waals surface area contributed by atoms with Crippen LogP contribution in [0.15, 0.2) is 42.5 Å². The first-order valence-corrected chi connectivity index (χ1v) is 13.6. The molecule has 2 heterocycles. The zero-order valence-corrected chi connectivity index (χ0v) is 23.1. The highest BCUT2D eigenvalue weighted by Gasteiger charge is 2.41. The number of nitrogens with zero attached hydrogens (tertiary/aromatic N) is 3. The lowest BCUT2D eigenvalue weighted by molar-refractivity contribution is 0.00446. The quantitative estimate of drug-likeness (QED) is 0.209. The van der Waals surface area contributed by atoms with E-state index in [2.05, 4.69) is 10.6 Å². The molecule has 2 aromatic heterocycles. The lowest BCUT2D eigenvalue weighted by Gasteiger charge is -2.22. The van der Waals surface area contributed by atoms with Gasteiger partial charge < -0.3 is 35.4 Å². The number of benzene rings is 2. The molecule has 5 N–H and O–H groups in total. The van der Waals surface area contributed by atoms with Crippen LogP contribution in [-0.4, -0.2) is 69.3 Å². The summed E-state index contributed by atoms with van der Waals surface area (Å²) in [5.74, 6) is 1.81. The summed E-state index contributed by atoms with van der Waals surface area (Å²) < 4.78 is 11.9. The second kappa shape index (κ2) is 11.3. The van der Waals surface area contributed by atoms with Crippen molar-refractivity contribution in [2.24, 2.45) is 5.92 Å². The van der Waals surface area contributed by atoms with E-state index in [1.54, 1.807) is 14.2 Å². The van der Waals surface area contributed by atoms with Gasteiger partial charge in [0.05, 0.1) is 53.9 Å². The lowest BCUT2D eigenvalue weighted by atomic mass is 10.1. The molecule has 0 aliphatic heterocycles. The number of anilines is 2. The molecule has 11 heteroatoms. The summed E-state index contributed by atoms with van der Waals surface area (Å²) in [6.07, 6.45) is -1.69. The van der Waals surface area contributed by atoms with Gasteiger partial charge in [0.25, 0.3) is 0 Å². The zero-order chi connectivity index (χ0) is 27.7. The molecule has 1 saturated carbocycles. The molecule has 0 radical (unpaired) electrons. The highest BCUT2D eigenvalue weighted by Crippen LogP contribution is 2.38. The van der Waals surface area contributed by atoms with Crippen LogP contribution in [0, 0.1) is 12.8 Å². The highest BCUT2D eigenvalue weighted by molar-refractivity contribution is 7.21. The smallest absolute Gasteiger partial charge is 0.225 e. The van der Waals surface area contributed by atoms with Crippen molar-refractivity contribution in [3.8, 4) is 22.1 Å². The number of para-hydroxylation sites is 1. The fraction of sp³-hybridized carbons (Fsp3) is 0.393. The first kappa shape index (κ1) is 27.1. The topological polar surface area (TPSA) is 142 Å². The van der Waals surface area contributed by atoms with Crippen LogP contribution >= 0.6 is 11.3 Å². The summed E-state index contributed by atoms with van der Waals surface area (Å²) in [6.45, 7) is 3.68. The molecule has 0 saturated heterocycles. The van der Waals surface area contributed by atoms with E-state index in [1.165, 1.54) is 11.3 Å². The van der Waals surface area contributed by atoms with Crippen LogP contribution in [-0.2, 0) is 0 Å². The SMILES string of the molecule is COc1cc(OC)cc(C(C)Nc2nc(C)c(-c3nc4ccccc4s3)c(NC3CC(CO)C(O)C3O)n2)c1. The van der Waals surface area contributed by atoms with Crippen molar-refractivity contribution < 1.29 is 24.8 Å². The van der Waals surface area contributed by atoms with Gasteiger partial charge in [-0.3, -0.25) is 0 Å². The number of hydrogen-bond donors (Lipinski definition) is 5. The minimum Gasteiger partial charge on any atom is -0.497 e. The predicted molar refractivity (Wildman–Crippen MR) is 152 cm³/mol. The van der Waals surface area contributed by atoms with E-state index in [1.807, 2.05) is 56.3 Å². The van der Waals surface area contributed by atoms with Gasteiger partial charge in [0.1, 0.15) is 28.4 Å². The van der Waals surface area contributed by atoms with Crippen LogP contribution in [0.25, 0.3) is 20.8 Å². The molecule has 1 fully saturated rings. The Bertz CT molecular complexity index is 1410. The fourth-order valence-electron chi connectivity index (χ4n) is 4.96. The molecule has 5 unspecified atom stereocenters. The number of aliphatic hydroxyl groups is 3. The molecule has 1 aliphatic carbocycles. The maximum Gasteiger partial charge on any atom is 0.225 e. The van der Waals surface area contributed by atoms with Crippen molar-refractivity contribution in [1.82, 2.24) is 15.0 Å². The maximum absolute atomic E-state index is 10.7. The average molecular weight is 552 g/mol. The van der Waals surface area contributed by atoms with Crippen molar-refractivity contribution in [3.05, 3.63) is 53.7 Å². The van der Waals surface area contributed by atoms with Gasteiger partial charge in [0, 0.05) is 18.6 Å². The molecule has 206 valence electrons. The summed E-state index contributed by atoms with van der Waals surface area (Å²) in [4.78, 5) is 14.4. The minimum absolute atomic E-state index is 0.188. The average Bonchev–Trinajstić information content (AvgIpc) is 3.48. The number of aromatic nitrogens is 3. The third-order valence-electron chi connectivity index (χ3n) is 7.18. The minimum atomic E-state index is -1.06. The Balaban J connectivity index is 1.53. The van der Waals surface area contributed by atoms with E-state index in [-0.39, 0.29) is 12.6 Å². The predicted octanol–water partition coefficient (Wildman–Crippen LogP) is 3.77. The van der Waals surface area contributed by atoms with E-state index >= 15 is 0 Å². The van der Waals surface area contributed by atoms with Gasteiger partial charge in [0.2, 0.25) is 5.95 Å². The van der Waals surface area contributed by atoms with Crippen LogP contribution in [0.5, 0.6) is 11.5 Å². The van der Waals surface area contributed by atoms with Gasteiger partial charge in [-0.1, -0.05) is 12.1 Å². The largest absolute Gasteiger partial charge is 0.497 e. The number of hydrogen-bond acceptors (Lipinski definition) is 11. The highest BCUT2D eigenvalue weighted by atomic mass is 32.1. The summed E-state index contributed by atoms with van der Waals surface area (Å²) in [6, 6.07) is 12.9. The Kier molecular flexibility index (Phi) is 7.85. The first-order valence-electron chi connectivity index (χ1n) is 12.8. The third-order valence-corrected chi connectivity index (χ3v) is 8.23. The molecule has 1 aliphatic rings. The Labute approximate surface area is 230 Å². The molecular weight excluding hydrogens is 518 g/mol. The Hall–Kier alpha value is -3.51. The Morgan fingerprint density at radius 2 is 1.74 bits per heavy atom. The summed E-state index contributed by atoms with van der Waals surface area (Å²) in [5.41, 5.74) is 3.24. The van der Waals surface area contributed by atoms with Crippen LogP contribution in [0.2, 0.25) is 0 Å². The van der Waals surface area contributed by atoms with Crippen molar-refractivity contribution in [2.75, 3.05) is 31.5 Å². The van der Waals surface area contributed by atoms with Crippen LogP contribution in [0.1, 0.15) is 30.6 Å². The number of thiazole rings is 1. The lowest BCUT2D eigenvalue weighted by Crippen LogP contribution is -2.35. The van der Waals surface area contributed by atoms with Crippen molar-refractivity contribution in [3.63, 3.8) is 0 Å². The van der Waals surface area contributed by atoms with E-state index in [4.69, 9.17) is 24.4 Å². The Morgan fingerprint density at radius 3 is 2.38 bits per heavy atom. The monoisotopic (exact) mass is 551 g/mol. The van der Waals surface area contributed by atoms with Gasteiger partial charge in [-0.15, -0.1) is 11.3 Å². The van der Waals surface area contributed by atoms with E-state index in [0.29, 0.717) is 35.4 Å². The molecule has 0 spiro atoms. The number of ether oxygens (including phenoxy) is 2. The molecule has 4 aromatic rings. The second-order valence-electron chi connectivity index (χ2n) is 9.77. The van der Waals surface area contributed by atoms with Crippen molar-refractivity contribution in [1.29, 1.82) is 0 Å². The number of aliphatic hydroxyl groups excluding tert-OH is 3. The standard InChI is InChI=1S/C28H33N5O5S/c1-14(16-9-18(37-3)12-19(10-16)38-4)29-28-30-15(2)23(27-32-20-7-5-6-8-22(20)39-27)26(33-28)31-21-11-17(13-34)24(35)25(21)36/h5-10,12,14,17,21,24-25,34-36H,11,13H2,1-4H3,(H2,29,30,31,33). The van der Waals surface area contributed by atoms with Crippen LogP contribution in [0.4, 0.5) is 11.8 Å². The Morgan fingerprint density at radius 1 is 1.03 bits per heavy atom. The van der Waals surface area contributed by atoms with Gasteiger partial charge in [-0.05, 0) is 50.1 Å². The second-order valence-corrected chi connectivity index (χ2v) is 10.8. The number of nitrogens with one attached hydrogen (secondary N) is 2. The molecule has 5 atom stereocenters. The molecule has 0 amide bonds. The maximum atomic E-state index is 10.7. The molecule has 39 heavy (non-hydrogen) atoms. The van der Waals surface area contributed by atoms with E-state index in [9.17, 15) is 15.3 Å². The fourth-order valence-corrected chi connectivity index (χ4v) is 6.02. The van der Waals surface area contributed by atoms with Crippen LogP contribution < -0.4 is 20.1 Å². The number of aryl methyl sites for hydroxylation is 1. The van der Waals surface area contributed by atoms with Gasteiger partial charge in [-0.2, -0.15) is 4.98 Å². The van der Waals surface area contributed by atoms with Crippen molar-refractivity contribution in [2.45, 2.75) is 44.6 Å². The first-order chi connectivity index (χ1) is 18.8. The number of fused-ring (bicyclic) bond motifs is 1. The molecular formula is C28H33N5O5S. The van der Waals surface area contributed by atoms with Gasteiger partial charge >= 0.3 is 0 Å². The summed E-state index contributed by atoms with van der Waals surface area (Å²) in [7, 11) is 3.22. The van der Waals surface area contributed by atoms with Gasteiger partial charge in [0.15, 0.2) is 0 Å². The van der Waals surface area contributed by atoms with E-state index in [0.717, 1.165) is 26.4 Å². The zero-order valence-electron chi connectivity index (χ0n) is 22.3. The van der Waals surface area contributed by atoms with Crippen molar-refractivity contribution >= 4 is 33.3 Å². The number of methoxy groups -OCH3 is 2. The molecule has 5 rings (SSSR count). The summed E-state index contributed by atoms with van der Waals surface area (Å²) in [5, 5.41) is 38.2. The molecule has 2 aromatic carbocycles.